The van der Waals surface area contributed by atoms with E-state index in [2.05, 4.69) is 5.32 Å². The highest BCUT2D eigenvalue weighted by Crippen LogP contribution is 2.22. The smallest absolute Gasteiger partial charge is 0.303 e. The lowest BCUT2D eigenvalue weighted by molar-refractivity contribution is -0.137. The summed E-state index contributed by atoms with van der Waals surface area (Å²) in [6.45, 7) is 4.97. The van der Waals surface area contributed by atoms with E-state index in [-0.39, 0.29) is 24.5 Å². The fourth-order valence-electron chi connectivity index (χ4n) is 1.96. The van der Waals surface area contributed by atoms with Crippen LogP contribution in [0.5, 0.6) is 0 Å². The molecule has 24 heavy (non-hydrogen) atoms. The predicted molar refractivity (Wildman–Crippen MR) is 93.6 cm³/mol. The first kappa shape index (κ1) is 20.2. The third-order valence-corrected chi connectivity index (χ3v) is 6.12. The topological polar surface area (TPSA) is 101 Å². The van der Waals surface area contributed by atoms with E-state index < -0.39 is 20.6 Å². The Morgan fingerprint density at radius 1 is 1.12 bits per heavy atom. The van der Waals surface area contributed by atoms with Gasteiger partial charge in [0.2, 0.25) is 5.91 Å². The summed E-state index contributed by atoms with van der Waals surface area (Å²) >= 11 is 0. The van der Waals surface area contributed by atoms with Crippen LogP contribution in [-0.4, -0.2) is 30.1 Å². The van der Waals surface area contributed by atoms with Crippen molar-refractivity contribution in [2.24, 2.45) is 0 Å². The maximum atomic E-state index is 12.2. The van der Waals surface area contributed by atoms with Crippen LogP contribution in [0.4, 0.5) is 5.69 Å². The van der Waals surface area contributed by atoms with Crippen LogP contribution in [0.3, 0.4) is 0 Å². The molecule has 0 spiro atoms. The lowest BCUT2D eigenvalue weighted by Gasteiger charge is -2.19. The molecule has 0 saturated carbocycles. The average molecular weight is 355 g/mol. The van der Waals surface area contributed by atoms with Crippen molar-refractivity contribution in [2.75, 3.05) is 5.32 Å². The van der Waals surface area contributed by atoms with Crippen LogP contribution < -0.4 is 5.32 Å². The van der Waals surface area contributed by atoms with Crippen LogP contribution in [0.1, 0.15) is 52.0 Å². The number of sulfone groups is 1. The Kier molecular flexibility index (Phi) is 6.95. The predicted octanol–water partition coefficient (Wildman–Crippen LogP) is 2.98. The number of carbonyl (C=O) groups excluding carboxylic acids is 1. The van der Waals surface area contributed by atoms with Gasteiger partial charge in [0.05, 0.1) is 10.5 Å². The van der Waals surface area contributed by atoms with Gasteiger partial charge in [0.25, 0.3) is 0 Å². The Bertz CT molecular complexity index is 689. The third kappa shape index (κ3) is 6.70. The van der Waals surface area contributed by atoms with E-state index in [9.17, 15) is 18.0 Å². The molecule has 0 bridgehead atoms. The maximum Gasteiger partial charge on any atom is 0.303 e. The van der Waals surface area contributed by atoms with Gasteiger partial charge in [-0.05, 0) is 51.3 Å². The van der Waals surface area contributed by atoms with E-state index in [4.69, 9.17) is 5.11 Å². The van der Waals surface area contributed by atoms with Crippen LogP contribution in [0, 0.1) is 0 Å². The number of hydrogen-bond acceptors (Lipinski definition) is 4. The van der Waals surface area contributed by atoms with Crippen LogP contribution in [0.15, 0.2) is 24.3 Å². The van der Waals surface area contributed by atoms with Gasteiger partial charge in [-0.15, -0.1) is 0 Å². The van der Waals surface area contributed by atoms with Crippen molar-refractivity contribution in [1.82, 2.24) is 0 Å². The van der Waals surface area contributed by atoms with E-state index in [1.807, 2.05) is 0 Å². The molecule has 134 valence electrons. The maximum absolute atomic E-state index is 12.2. The molecule has 0 radical (unpaired) electrons. The zero-order chi connectivity index (χ0) is 18.4. The highest BCUT2D eigenvalue weighted by atomic mass is 32.2. The molecule has 2 N–H and O–H groups in total. The molecule has 0 atom stereocenters. The Labute approximate surface area is 143 Å². The van der Waals surface area contributed by atoms with Crippen molar-refractivity contribution in [3.63, 3.8) is 0 Å². The Hall–Kier alpha value is -1.89. The molecular weight excluding hydrogens is 330 g/mol. The van der Waals surface area contributed by atoms with Gasteiger partial charge in [-0.25, -0.2) is 8.42 Å². The first-order valence-electron chi connectivity index (χ1n) is 7.84. The molecule has 1 rings (SSSR count). The zero-order valence-electron chi connectivity index (χ0n) is 14.3. The first-order valence-corrected chi connectivity index (χ1v) is 9.49. The number of unbranched alkanes of at least 4 members (excludes halogenated alkanes) is 1. The largest absolute Gasteiger partial charge is 0.481 e. The van der Waals surface area contributed by atoms with Crippen molar-refractivity contribution >= 4 is 27.4 Å². The molecule has 0 aromatic heterocycles. The fraction of sp³-hybridized carbons (Fsp3) is 0.529. The van der Waals surface area contributed by atoms with E-state index in [1.165, 1.54) is 0 Å². The summed E-state index contributed by atoms with van der Waals surface area (Å²) in [5.74, 6) is -1.17. The molecule has 0 aliphatic carbocycles. The fourth-order valence-corrected chi connectivity index (χ4v) is 3.01. The summed E-state index contributed by atoms with van der Waals surface area (Å²) < 4.78 is 23.7. The van der Waals surface area contributed by atoms with Crippen molar-refractivity contribution in [1.29, 1.82) is 0 Å². The number of carboxylic acid groups (broad SMARTS) is 1. The molecule has 7 heteroatoms. The number of carboxylic acids is 1. The Balaban J connectivity index is 2.63. The molecule has 1 aromatic carbocycles. The molecule has 0 aliphatic rings. The second-order valence-electron chi connectivity index (χ2n) is 6.72. The third-order valence-electron chi connectivity index (χ3n) is 3.54. The lowest BCUT2D eigenvalue weighted by atomic mass is 10.2. The van der Waals surface area contributed by atoms with E-state index in [0.29, 0.717) is 24.1 Å². The molecule has 0 aliphatic heterocycles. The second-order valence-corrected chi connectivity index (χ2v) is 9.46. The van der Waals surface area contributed by atoms with Crippen molar-refractivity contribution in [3.05, 3.63) is 29.8 Å². The average Bonchev–Trinajstić information content (AvgIpc) is 2.42. The van der Waals surface area contributed by atoms with Crippen molar-refractivity contribution in [3.8, 4) is 0 Å². The standard InChI is InChI=1S/C17H25NO5S/c1-17(2,3)24(22,23)12-13-7-6-8-14(11-13)18-15(19)9-4-5-10-16(20)21/h6-8,11H,4-5,9-10,12H2,1-3H3,(H,18,19)(H,20,21). The van der Waals surface area contributed by atoms with E-state index >= 15 is 0 Å². The Morgan fingerprint density at radius 2 is 1.75 bits per heavy atom. The van der Waals surface area contributed by atoms with Crippen LogP contribution in [0.2, 0.25) is 0 Å². The molecule has 0 heterocycles. The van der Waals surface area contributed by atoms with Gasteiger partial charge in [-0.1, -0.05) is 12.1 Å². The molecule has 0 unspecified atom stereocenters. The normalized spacial score (nSPS) is 12.0. The van der Waals surface area contributed by atoms with Gasteiger partial charge in [0, 0.05) is 18.5 Å². The van der Waals surface area contributed by atoms with Crippen LogP contribution in [0.25, 0.3) is 0 Å². The highest BCUT2D eigenvalue weighted by molar-refractivity contribution is 7.91. The van der Waals surface area contributed by atoms with Gasteiger partial charge in [-0.3, -0.25) is 9.59 Å². The van der Waals surface area contributed by atoms with E-state index in [0.717, 1.165) is 0 Å². The molecule has 1 amide bonds. The highest BCUT2D eigenvalue weighted by Gasteiger charge is 2.28. The quantitative estimate of drug-likeness (QED) is 0.698. The van der Waals surface area contributed by atoms with Crippen LogP contribution >= 0.6 is 0 Å². The summed E-state index contributed by atoms with van der Waals surface area (Å²) in [5.41, 5.74) is 1.16. The number of aliphatic carboxylic acids is 1. The van der Waals surface area contributed by atoms with Gasteiger partial charge < -0.3 is 10.4 Å². The second kappa shape index (κ2) is 8.28. The Morgan fingerprint density at radius 3 is 2.33 bits per heavy atom. The molecule has 0 saturated heterocycles. The number of amides is 1. The molecular formula is C17H25NO5S. The van der Waals surface area contributed by atoms with Gasteiger partial charge >= 0.3 is 5.97 Å². The van der Waals surface area contributed by atoms with Crippen LogP contribution in [-0.2, 0) is 25.2 Å². The van der Waals surface area contributed by atoms with Gasteiger partial charge in [-0.2, -0.15) is 0 Å². The summed E-state index contributed by atoms with van der Waals surface area (Å²) in [7, 11) is -3.29. The van der Waals surface area contributed by atoms with Gasteiger partial charge in [0.15, 0.2) is 9.84 Å². The number of carbonyl (C=O) groups is 2. The lowest BCUT2D eigenvalue weighted by Crippen LogP contribution is -2.29. The number of nitrogens with one attached hydrogen (secondary N) is 1. The monoisotopic (exact) mass is 355 g/mol. The SMILES string of the molecule is CC(C)(C)S(=O)(=O)Cc1cccc(NC(=O)CCCCC(=O)O)c1. The minimum Gasteiger partial charge on any atom is -0.481 e. The summed E-state index contributed by atoms with van der Waals surface area (Å²) in [6, 6.07) is 6.76. The van der Waals surface area contributed by atoms with Gasteiger partial charge in [0.1, 0.15) is 0 Å². The first-order chi connectivity index (χ1) is 11.0. The number of anilines is 1. The number of hydrogen-bond donors (Lipinski definition) is 2. The van der Waals surface area contributed by atoms with Crippen molar-refractivity contribution in [2.45, 2.75) is 57.0 Å². The minimum atomic E-state index is -3.29. The summed E-state index contributed by atoms with van der Waals surface area (Å²) in [4.78, 5) is 22.2. The zero-order valence-corrected chi connectivity index (χ0v) is 15.1. The molecule has 0 fully saturated rings. The van der Waals surface area contributed by atoms with Crippen molar-refractivity contribution < 1.29 is 23.1 Å². The number of benzene rings is 1. The molecule has 1 aromatic rings. The minimum absolute atomic E-state index is 0.0490. The summed E-state index contributed by atoms with van der Waals surface area (Å²) in [5, 5.41) is 11.3. The molecule has 6 nitrogen and oxygen atoms in total. The van der Waals surface area contributed by atoms with E-state index in [1.54, 1.807) is 45.0 Å². The summed E-state index contributed by atoms with van der Waals surface area (Å²) in [6.07, 6.45) is 1.23. The number of rotatable bonds is 8.